The molecule has 0 spiro atoms. The lowest BCUT2D eigenvalue weighted by molar-refractivity contribution is 0.409. The second kappa shape index (κ2) is 7.31. The zero-order valence-corrected chi connectivity index (χ0v) is 14.9. The van der Waals surface area contributed by atoms with E-state index in [0.29, 0.717) is 18.5 Å². The molecular weight excluding hydrogens is 319 g/mol. The van der Waals surface area contributed by atoms with Crippen LogP contribution < -0.4 is 5.32 Å². The molecule has 0 radical (unpaired) electrons. The van der Waals surface area contributed by atoms with Crippen molar-refractivity contribution in [1.82, 2.24) is 4.90 Å². The van der Waals surface area contributed by atoms with Crippen LogP contribution in [0.2, 0.25) is 0 Å². The maximum atomic E-state index is 13.1. The van der Waals surface area contributed by atoms with Crippen LogP contribution in [0, 0.1) is 5.82 Å². The molecule has 2 nitrogen and oxygen atoms in total. The Morgan fingerprint density at radius 2 is 1.75 bits per heavy atom. The van der Waals surface area contributed by atoms with Gasteiger partial charge in [0.25, 0.3) is 0 Å². The summed E-state index contributed by atoms with van der Waals surface area (Å²) in [5.41, 5.74) is 3.40. The lowest BCUT2D eigenvalue weighted by Gasteiger charge is -2.26. The molecule has 1 aliphatic carbocycles. The van der Waals surface area contributed by atoms with Crippen molar-refractivity contribution < 1.29 is 4.39 Å². The van der Waals surface area contributed by atoms with Crippen LogP contribution in [0.1, 0.15) is 43.7 Å². The minimum atomic E-state index is -0.206. The minimum absolute atomic E-state index is 0.206. The summed E-state index contributed by atoms with van der Waals surface area (Å²) in [5.74, 6) is 0.315. The van der Waals surface area contributed by atoms with Gasteiger partial charge >= 0.3 is 0 Å². The van der Waals surface area contributed by atoms with E-state index < -0.39 is 0 Å². The molecule has 2 aromatic rings. The second-order valence-electron chi connectivity index (χ2n) is 6.69. The first-order valence-electron chi connectivity index (χ1n) is 8.45. The van der Waals surface area contributed by atoms with E-state index in [2.05, 4.69) is 48.3 Å². The van der Waals surface area contributed by atoms with Crippen molar-refractivity contribution in [3.05, 3.63) is 65.5 Å². The van der Waals surface area contributed by atoms with Crippen LogP contribution in [-0.2, 0) is 6.54 Å². The van der Waals surface area contributed by atoms with Crippen LogP contribution in [0.4, 0.5) is 10.1 Å². The van der Waals surface area contributed by atoms with Crippen LogP contribution in [-0.4, -0.2) is 16.1 Å². The quantitative estimate of drug-likeness (QED) is 0.741. The molecule has 4 heteroatoms. The van der Waals surface area contributed by atoms with E-state index in [4.69, 9.17) is 12.2 Å². The summed E-state index contributed by atoms with van der Waals surface area (Å²) in [6, 6.07) is 15.6. The smallest absolute Gasteiger partial charge is 0.173 e. The molecule has 0 unspecified atom stereocenters. The van der Waals surface area contributed by atoms with Gasteiger partial charge in [0, 0.05) is 18.3 Å². The lowest BCUT2D eigenvalue weighted by atomic mass is 10.0. The zero-order valence-electron chi connectivity index (χ0n) is 14.1. The number of anilines is 1. The summed E-state index contributed by atoms with van der Waals surface area (Å²) in [4.78, 5) is 2.21. The van der Waals surface area contributed by atoms with Gasteiger partial charge in [-0.15, -0.1) is 0 Å². The van der Waals surface area contributed by atoms with Crippen LogP contribution in [0.25, 0.3) is 0 Å². The van der Waals surface area contributed by atoms with Crippen LogP contribution >= 0.6 is 12.2 Å². The molecule has 126 valence electrons. The van der Waals surface area contributed by atoms with Crippen molar-refractivity contribution in [2.45, 2.75) is 45.2 Å². The molecule has 3 rings (SSSR count). The van der Waals surface area contributed by atoms with Crippen molar-refractivity contribution in [3.63, 3.8) is 0 Å². The van der Waals surface area contributed by atoms with Gasteiger partial charge in [0.2, 0.25) is 0 Å². The van der Waals surface area contributed by atoms with Gasteiger partial charge in [-0.2, -0.15) is 0 Å². The van der Waals surface area contributed by atoms with Crippen molar-refractivity contribution >= 4 is 23.0 Å². The Morgan fingerprint density at radius 3 is 2.29 bits per heavy atom. The number of hydrogen-bond donors (Lipinski definition) is 1. The highest BCUT2D eigenvalue weighted by molar-refractivity contribution is 7.80. The van der Waals surface area contributed by atoms with Gasteiger partial charge in [0.15, 0.2) is 5.11 Å². The number of nitrogens with one attached hydrogen (secondary N) is 1. The molecule has 1 fully saturated rings. The Labute approximate surface area is 148 Å². The first-order valence-corrected chi connectivity index (χ1v) is 8.86. The number of benzene rings is 2. The third kappa shape index (κ3) is 4.32. The third-order valence-corrected chi connectivity index (χ3v) is 4.68. The topological polar surface area (TPSA) is 15.3 Å². The lowest BCUT2D eigenvalue weighted by Crippen LogP contribution is -2.36. The highest BCUT2D eigenvalue weighted by Gasteiger charge is 2.30. The van der Waals surface area contributed by atoms with Gasteiger partial charge in [-0.05, 0) is 66.4 Å². The average molecular weight is 342 g/mol. The molecular formula is C20H23FN2S. The number of rotatable bonds is 5. The molecule has 0 aromatic heterocycles. The van der Waals surface area contributed by atoms with Crippen molar-refractivity contribution in [2.75, 3.05) is 5.32 Å². The van der Waals surface area contributed by atoms with Gasteiger partial charge in [-0.3, -0.25) is 0 Å². The average Bonchev–Trinajstić information content (AvgIpc) is 3.39. The normalized spacial score (nSPS) is 13.8. The maximum Gasteiger partial charge on any atom is 0.173 e. The number of halogens is 1. The largest absolute Gasteiger partial charge is 0.342 e. The molecule has 0 saturated heterocycles. The third-order valence-electron chi connectivity index (χ3n) is 4.34. The van der Waals surface area contributed by atoms with Crippen LogP contribution in [0.3, 0.4) is 0 Å². The fourth-order valence-corrected chi connectivity index (χ4v) is 3.02. The summed E-state index contributed by atoms with van der Waals surface area (Å²) in [7, 11) is 0. The van der Waals surface area contributed by atoms with Crippen molar-refractivity contribution in [1.29, 1.82) is 0 Å². The fraction of sp³-hybridized carbons (Fsp3) is 0.350. The molecule has 0 atom stereocenters. The minimum Gasteiger partial charge on any atom is -0.342 e. The molecule has 0 heterocycles. The van der Waals surface area contributed by atoms with E-state index in [1.165, 1.54) is 17.7 Å². The molecule has 0 bridgehead atoms. The van der Waals surface area contributed by atoms with Gasteiger partial charge in [0.1, 0.15) is 5.82 Å². The molecule has 1 aliphatic rings. The first kappa shape index (κ1) is 16.9. The highest BCUT2D eigenvalue weighted by atomic mass is 32.1. The summed E-state index contributed by atoms with van der Waals surface area (Å²) >= 11 is 5.62. The Balaban J connectivity index is 1.67. The molecule has 1 saturated carbocycles. The standard InChI is InChI=1S/C20H23FN2S/c1-14(2)16-5-9-18(10-6-16)22-20(24)23(19-11-12-19)13-15-3-7-17(21)8-4-15/h3-10,14,19H,11-13H2,1-2H3,(H,22,24). The van der Waals surface area contributed by atoms with Crippen molar-refractivity contribution in [3.8, 4) is 0 Å². The highest BCUT2D eigenvalue weighted by Crippen LogP contribution is 2.29. The predicted molar refractivity (Wildman–Crippen MR) is 102 cm³/mol. The molecule has 2 aromatic carbocycles. The predicted octanol–water partition coefficient (Wildman–Crippen LogP) is 5.31. The van der Waals surface area contributed by atoms with Gasteiger partial charge in [-0.1, -0.05) is 38.1 Å². The summed E-state index contributed by atoms with van der Waals surface area (Å²) in [6.07, 6.45) is 2.32. The van der Waals surface area contributed by atoms with E-state index in [1.54, 1.807) is 0 Å². The SMILES string of the molecule is CC(C)c1ccc(NC(=S)N(Cc2ccc(F)cc2)C2CC2)cc1. The van der Waals surface area contributed by atoms with Gasteiger partial charge < -0.3 is 10.2 Å². The summed E-state index contributed by atoms with van der Waals surface area (Å²) in [5, 5.41) is 4.08. The van der Waals surface area contributed by atoms with E-state index in [0.717, 1.165) is 29.2 Å². The van der Waals surface area contributed by atoms with Crippen molar-refractivity contribution in [2.24, 2.45) is 0 Å². The molecule has 1 N–H and O–H groups in total. The summed E-state index contributed by atoms with van der Waals surface area (Å²) < 4.78 is 13.1. The number of hydrogen-bond acceptors (Lipinski definition) is 1. The number of thiocarbonyl (C=S) groups is 1. The van der Waals surface area contributed by atoms with Gasteiger partial charge in [-0.25, -0.2) is 4.39 Å². The van der Waals surface area contributed by atoms with E-state index in [9.17, 15) is 4.39 Å². The number of nitrogens with zero attached hydrogens (tertiary/aromatic N) is 1. The second-order valence-corrected chi connectivity index (χ2v) is 7.08. The Bertz CT molecular complexity index is 691. The van der Waals surface area contributed by atoms with E-state index in [-0.39, 0.29) is 5.82 Å². The Kier molecular flexibility index (Phi) is 5.14. The fourth-order valence-electron chi connectivity index (χ4n) is 2.69. The van der Waals surface area contributed by atoms with E-state index in [1.807, 2.05) is 12.1 Å². The first-order chi connectivity index (χ1) is 11.5. The van der Waals surface area contributed by atoms with Gasteiger partial charge in [0.05, 0.1) is 0 Å². The van der Waals surface area contributed by atoms with E-state index >= 15 is 0 Å². The monoisotopic (exact) mass is 342 g/mol. The zero-order chi connectivity index (χ0) is 17.1. The molecule has 24 heavy (non-hydrogen) atoms. The summed E-state index contributed by atoms with van der Waals surface area (Å²) in [6.45, 7) is 5.08. The Morgan fingerprint density at radius 1 is 1.12 bits per heavy atom. The van der Waals surface area contributed by atoms with Crippen LogP contribution in [0.15, 0.2) is 48.5 Å². The maximum absolute atomic E-state index is 13.1. The molecule has 0 amide bonds. The Hall–Kier alpha value is -1.94. The molecule has 0 aliphatic heterocycles. The van der Waals surface area contributed by atoms with Crippen LogP contribution in [0.5, 0.6) is 0 Å².